The smallest absolute Gasteiger partial charge is 0.341 e. The number of aromatic nitrogens is 2. The van der Waals surface area contributed by atoms with Gasteiger partial charge in [-0.2, -0.15) is 4.98 Å². The van der Waals surface area contributed by atoms with Crippen LogP contribution in [0.1, 0.15) is 16.2 Å². The Morgan fingerprint density at radius 1 is 1.07 bits per heavy atom. The highest BCUT2D eigenvalue weighted by Crippen LogP contribution is 2.28. The third-order valence-corrected chi connectivity index (χ3v) is 4.39. The molecule has 3 aromatic carbocycles. The van der Waals surface area contributed by atoms with E-state index in [2.05, 4.69) is 10.1 Å². The van der Waals surface area contributed by atoms with E-state index in [0.29, 0.717) is 22.2 Å². The topological polar surface area (TPSA) is 74.5 Å². The van der Waals surface area contributed by atoms with Gasteiger partial charge in [0.05, 0.1) is 7.11 Å². The van der Waals surface area contributed by atoms with Crippen LogP contribution in [0.5, 0.6) is 5.75 Å². The van der Waals surface area contributed by atoms with Crippen molar-refractivity contribution in [3.05, 3.63) is 77.1 Å². The van der Waals surface area contributed by atoms with Crippen LogP contribution in [0.25, 0.3) is 22.2 Å². The largest absolute Gasteiger partial charge is 0.483 e. The first-order chi connectivity index (χ1) is 13.6. The van der Waals surface area contributed by atoms with Crippen LogP contribution in [-0.4, -0.2) is 23.2 Å². The van der Waals surface area contributed by atoms with E-state index in [0.717, 1.165) is 16.3 Å². The maximum Gasteiger partial charge on any atom is 0.341 e. The molecule has 6 nitrogen and oxygen atoms in total. The average molecular weight is 395 g/mol. The minimum Gasteiger partial charge on any atom is -0.483 e. The first kappa shape index (κ1) is 18.0. The number of nitrogens with zero attached hydrogens (tertiary/aromatic N) is 2. The predicted molar refractivity (Wildman–Crippen MR) is 104 cm³/mol. The number of ether oxygens (including phenoxy) is 2. The first-order valence-corrected chi connectivity index (χ1v) is 8.84. The number of halogens is 1. The van der Waals surface area contributed by atoms with Crippen molar-refractivity contribution < 1.29 is 18.8 Å². The maximum absolute atomic E-state index is 12.1. The van der Waals surface area contributed by atoms with Crippen LogP contribution in [-0.2, 0) is 11.3 Å². The van der Waals surface area contributed by atoms with Gasteiger partial charge in [0.2, 0.25) is 5.82 Å². The number of fused-ring (bicyclic) bond motifs is 1. The molecule has 0 atom stereocenters. The number of hydrogen-bond donors (Lipinski definition) is 0. The Bertz CT molecular complexity index is 1160. The lowest BCUT2D eigenvalue weighted by Crippen LogP contribution is -2.06. The molecule has 0 radical (unpaired) electrons. The van der Waals surface area contributed by atoms with E-state index in [9.17, 15) is 4.79 Å². The Labute approximate surface area is 165 Å². The minimum atomic E-state index is -0.481. The van der Waals surface area contributed by atoms with Crippen LogP contribution >= 0.6 is 11.6 Å². The van der Waals surface area contributed by atoms with Gasteiger partial charge in [-0.3, -0.25) is 0 Å². The Morgan fingerprint density at radius 2 is 1.86 bits per heavy atom. The number of benzene rings is 3. The summed E-state index contributed by atoms with van der Waals surface area (Å²) in [5.41, 5.74) is 1.07. The summed E-state index contributed by atoms with van der Waals surface area (Å²) >= 11 is 6.00. The Hall–Kier alpha value is -3.38. The molecule has 7 heteroatoms. The van der Waals surface area contributed by atoms with Gasteiger partial charge in [0.1, 0.15) is 11.3 Å². The van der Waals surface area contributed by atoms with Crippen LogP contribution in [0.3, 0.4) is 0 Å². The van der Waals surface area contributed by atoms with Gasteiger partial charge in [-0.25, -0.2) is 4.79 Å². The third-order valence-electron chi connectivity index (χ3n) is 4.16. The Morgan fingerprint density at radius 3 is 2.61 bits per heavy atom. The van der Waals surface area contributed by atoms with Crippen molar-refractivity contribution in [2.45, 2.75) is 6.61 Å². The molecule has 4 rings (SSSR count). The van der Waals surface area contributed by atoms with Gasteiger partial charge in [0, 0.05) is 10.6 Å². The first-order valence-electron chi connectivity index (χ1n) is 8.46. The molecule has 1 aromatic heterocycles. The van der Waals surface area contributed by atoms with Crippen molar-refractivity contribution in [2.75, 3.05) is 7.11 Å². The summed E-state index contributed by atoms with van der Waals surface area (Å²) in [6.45, 7) is 0.00982. The van der Waals surface area contributed by atoms with E-state index in [1.165, 1.54) is 7.11 Å². The molecule has 0 aliphatic carbocycles. The monoisotopic (exact) mass is 394 g/mol. The number of hydrogen-bond acceptors (Lipinski definition) is 6. The fourth-order valence-corrected chi connectivity index (χ4v) is 3.00. The molecule has 0 aliphatic heterocycles. The minimum absolute atomic E-state index is 0.00982. The quantitative estimate of drug-likeness (QED) is 0.448. The van der Waals surface area contributed by atoms with Crippen LogP contribution in [0.4, 0.5) is 0 Å². The van der Waals surface area contributed by atoms with Crippen molar-refractivity contribution in [2.24, 2.45) is 0 Å². The summed E-state index contributed by atoms with van der Waals surface area (Å²) in [6.07, 6.45) is 0. The van der Waals surface area contributed by atoms with E-state index in [1.54, 1.807) is 24.3 Å². The van der Waals surface area contributed by atoms with Crippen molar-refractivity contribution in [3.8, 4) is 17.1 Å². The van der Waals surface area contributed by atoms with Crippen LogP contribution in [0.2, 0.25) is 5.02 Å². The van der Waals surface area contributed by atoms with Gasteiger partial charge >= 0.3 is 5.97 Å². The summed E-state index contributed by atoms with van der Waals surface area (Å²) < 4.78 is 15.9. The molecule has 4 aromatic rings. The van der Waals surface area contributed by atoms with E-state index in [4.69, 9.17) is 25.6 Å². The zero-order chi connectivity index (χ0) is 19.5. The molecule has 0 N–H and O–H groups in total. The molecular weight excluding hydrogens is 380 g/mol. The normalized spacial score (nSPS) is 10.8. The third kappa shape index (κ3) is 3.68. The number of esters is 1. The van der Waals surface area contributed by atoms with Crippen LogP contribution < -0.4 is 4.74 Å². The highest BCUT2D eigenvalue weighted by molar-refractivity contribution is 6.30. The SMILES string of the molecule is COC(=O)c1cc2ccccc2cc1OCc1nc(-c2cccc(Cl)c2)no1. The molecule has 0 fully saturated rings. The van der Waals surface area contributed by atoms with E-state index >= 15 is 0 Å². The van der Waals surface area contributed by atoms with Gasteiger partial charge in [0.15, 0.2) is 6.61 Å². The van der Waals surface area contributed by atoms with Crippen molar-refractivity contribution in [1.82, 2.24) is 10.1 Å². The van der Waals surface area contributed by atoms with Crippen molar-refractivity contribution in [3.63, 3.8) is 0 Å². The van der Waals surface area contributed by atoms with Gasteiger partial charge in [-0.1, -0.05) is 53.2 Å². The van der Waals surface area contributed by atoms with E-state index in [-0.39, 0.29) is 12.5 Å². The van der Waals surface area contributed by atoms with Crippen molar-refractivity contribution in [1.29, 1.82) is 0 Å². The molecule has 140 valence electrons. The molecular formula is C21H15ClN2O4. The van der Waals surface area contributed by atoms with Gasteiger partial charge in [0.25, 0.3) is 5.89 Å². The zero-order valence-electron chi connectivity index (χ0n) is 14.9. The highest BCUT2D eigenvalue weighted by atomic mass is 35.5. The van der Waals surface area contributed by atoms with Gasteiger partial charge in [-0.15, -0.1) is 0 Å². The number of methoxy groups -OCH3 is 1. The Kier molecular flexibility index (Phi) is 4.95. The molecule has 0 saturated heterocycles. The summed E-state index contributed by atoms with van der Waals surface area (Å²) in [5, 5.41) is 6.38. The molecule has 1 heterocycles. The summed E-state index contributed by atoms with van der Waals surface area (Å²) in [4.78, 5) is 16.5. The Balaban J connectivity index is 1.59. The zero-order valence-corrected chi connectivity index (χ0v) is 15.6. The number of carbonyl (C=O) groups is 1. The molecule has 0 saturated carbocycles. The summed E-state index contributed by atoms with van der Waals surface area (Å²) in [5.74, 6) is 0.589. The van der Waals surface area contributed by atoms with Crippen molar-refractivity contribution >= 4 is 28.3 Å². The molecule has 0 amide bonds. The summed E-state index contributed by atoms with van der Waals surface area (Å²) in [6, 6.07) is 18.4. The fourth-order valence-electron chi connectivity index (χ4n) is 2.81. The number of carbonyl (C=O) groups excluding carboxylic acids is 1. The second-order valence-electron chi connectivity index (χ2n) is 6.00. The summed E-state index contributed by atoms with van der Waals surface area (Å²) in [7, 11) is 1.33. The number of rotatable bonds is 5. The fraction of sp³-hybridized carbons (Fsp3) is 0.0952. The standard InChI is InChI=1S/C21H15ClN2O4/c1-26-21(25)17-10-13-5-2-3-6-14(13)11-18(17)27-12-19-23-20(24-28-19)15-7-4-8-16(22)9-15/h2-11H,12H2,1H3. The lowest BCUT2D eigenvalue weighted by Gasteiger charge is -2.10. The average Bonchev–Trinajstić information content (AvgIpc) is 3.20. The van der Waals surface area contributed by atoms with Gasteiger partial charge in [-0.05, 0) is 35.0 Å². The van der Waals surface area contributed by atoms with E-state index in [1.807, 2.05) is 36.4 Å². The highest BCUT2D eigenvalue weighted by Gasteiger charge is 2.16. The van der Waals surface area contributed by atoms with Gasteiger partial charge < -0.3 is 14.0 Å². The second kappa shape index (κ2) is 7.70. The maximum atomic E-state index is 12.1. The molecule has 0 aliphatic rings. The lowest BCUT2D eigenvalue weighted by molar-refractivity contribution is 0.0595. The van der Waals surface area contributed by atoms with Crippen LogP contribution in [0.15, 0.2) is 65.2 Å². The molecule has 0 spiro atoms. The molecule has 0 bridgehead atoms. The molecule has 28 heavy (non-hydrogen) atoms. The predicted octanol–water partition coefficient (Wildman–Crippen LogP) is 4.91. The second-order valence-corrected chi connectivity index (χ2v) is 6.43. The van der Waals surface area contributed by atoms with E-state index < -0.39 is 5.97 Å². The lowest BCUT2D eigenvalue weighted by atomic mass is 10.1. The molecule has 0 unspecified atom stereocenters. The van der Waals surface area contributed by atoms with Crippen LogP contribution in [0, 0.1) is 0 Å².